The average molecular weight is 546 g/mol. The van der Waals surface area contributed by atoms with Gasteiger partial charge in [-0.3, -0.25) is 9.13 Å². The van der Waals surface area contributed by atoms with Gasteiger partial charge in [-0.2, -0.15) is 0 Å². The molecule has 0 aliphatic carbocycles. The van der Waals surface area contributed by atoms with Gasteiger partial charge in [0, 0.05) is 10.0 Å². The first-order valence-electron chi connectivity index (χ1n) is 9.80. The number of aromatic hydroxyl groups is 2. The Hall–Kier alpha value is -0.750. The van der Waals surface area contributed by atoms with Crippen LogP contribution in [-0.4, -0.2) is 30.0 Å². The van der Waals surface area contributed by atoms with E-state index in [1.165, 1.54) is 30.3 Å². The summed E-state index contributed by atoms with van der Waals surface area (Å²) in [5.41, 5.74) is 1.05. The van der Waals surface area contributed by atoms with Gasteiger partial charge in [0.25, 0.3) is 6.72 Å². The van der Waals surface area contributed by atoms with Gasteiger partial charge in [-0.05, 0) is 66.4 Å². The van der Waals surface area contributed by atoms with Crippen molar-refractivity contribution in [2.75, 3.05) is 19.8 Å². The highest BCUT2D eigenvalue weighted by Crippen LogP contribution is 2.56. The van der Waals surface area contributed by atoms with Crippen LogP contribution >= 0.6 is 48.8 Å². The van der Waals surface area contributed by atoms with Gasteiger partial charge >= 0.3 is 7.60 Å². The molecule has 7 nitrogen and oxygen atoms in total. The Kier molecular flexibility index (Phi) is 10.9. The van der Waals surface area contributed by atoms with Crippen LogP contribution in [0.1, 0.15) is 30.9 Å². The zero-order chi connectivity index (χ0) is 23.8. The molecule has 0 spiro atoms. The molecule has 12 heteroatoms. The zero-order valence-corrected chi connectivity index (χ0v) is 21.4. The number of phenols is 2. The van der Waals surface area contributed by atoms with Crippen LogP contribution in [0.25, 0.3) is 0 Å². The zero-order valence-electron chi connectivity index (χ0n) is 17.4. The third kappa shape index (κ3) is 9.24. The van der Waals surface area contributed by atoms with E-state index >= 15 is 0 Å². The number of halogens is 3. The SMILES string of the molecule is CCOP(=O)(Cc1ccc(O)cc1Cl)OCCCCOP(=O)(Cl)Cc1ccc(O)cc1Cl. The summed E-state index contributed by atoms with van der Waals surface area (Å²) in [4.78, 5) is 0. The highest BCUT2D eigenvalue weighted by atomic mass is 35.7. The highest BCUT2D eigenvalue weighted by Gasteiger charge is 2.26. The molecule has 0 aromatic heterocycles. The molecule has 0 radical (unpaired) electrons. The summed E-state index contributed by atoms with van der Waals surface area (Å²) in [5.74, 6) is 0.0104. The lowest BCUT2D eigenvalue weighted by atomic mass is 10.2. The van der Waals surface area contributed by atoms with Gasteiger partial charge in [-0.1, -0.05) is 35.3 Å². The Morgan fingerprint density at radius 3 is 1.81 bits per heavy atom. The van der Waals surface area contributed by atoms with Crippen LogP contribution in [0.4, 0.5) is 0 Å². The molecule has 2 unspecified atom stereocenters. The molecular formula is C20H25Cl3O7P2. The lowest BCUT2D eigenvalue weighted by Gasteiger charge is -2.19. The van der Waals surface area contributed by atoms with E-state index in [9.17, 15) is 19.3 Å². The molecule has 0 amide bonds. The van der Waals surface area contributed by atoms with E-state index in [-0.39, 0.29) is 53.7 Å². The third-order valence-corrected chi connectivity index (χ3v) is 8.83. The summed E-state index contributed by atoms with van der Waals surface area (Å²) in [5, 5.41) is 19.4. The first kappa shape index (κ1) is 27.5. The first-order chi connectivity index (χ1) is 15.0. The molecule has 2 rings (SSSR count). The van der Waals surface area contributed by atoms with Crippen LogP contribution < -0.4 is 0 Å². The van der Waals surface area contributed by atoms with Gasteiger partial charge in [0.15, 0.2) is 0 Å². The molecule has 178 valence electrons. The Balaban J connectivity index is 1.79. The maximum atomic E-state index is 13.0. The van der Waals surface area contributed by atoms with E-state index in [1.54, 1.807) is 13.0 Å². The first-order valence-corrected chi connectivity index (χ1v) is 15.0. The van der Waals surface area contributed by atoms with Crippen molar-refractivity contribution in [3.05, 3.63) is 57.6 Å². The molecule has 0 aliphatic heterocycles. The summed E-state index contributed by atoms with van der Waals surface area (Å²) < 4.78 is 41.6. The number of hydrogen-bond acceptors (Lipinski definition) is 7. The Labute approximate surface area is 202 Å². The minimum Gasteiger partial charge on any atom is -0.508 e. The van der Waals surface area contributed by atoms with E-state index in [4.69, 9.17) is 48.0 Å². The van der Waals surface area contributed by atoms with Gasteiger partial charge < -0.3 is 23.8 Å². The van der Waals surface area contributed by atoms with Crippen LogP contribution in [0.3, 0.4) is 0 Å². The van der Waals surface area contributed by atoms with E-state index in [0.717, 1.165) is 0 Å². The molecule has 2 aromatic carbocycles. The number of hydrogen-bond donors (Lipinski definition) is 2. The third-order valence-electron chi connectivity index (χ3n) is 4.23. The summed E-state index contributed by atoms with van der Waals surface area (Å²) in [6.07, 6.45) is 0.834. The molecular weight excluding hydrogens is 521 g/mol. The molecule has 32 heavy (non-hydrogen) atoms. The van der Waals surface area contributed by atoms with E-state index < -0.39 is 14.3 Å². The van der Waals surface area contributed by atoms with Gasteiger partial charge in [-0.25, -0.2) is 0 Å². The van der Waals surface area contributed by atoms with Gasteiger partial charge in [-0.15, -0.1) is 0 Å². The van der Waals surface area contributed by atoms with Crippen molar-refractivity contribution in [1.82, 2.24) is 0 Å². The second-order valence-electron chi connectivity index (χ2n) is 6.86. The molecule has 2 atom stereocenters. The summed E-state index contributed by atoms with van der Waals surface area (Å²) in [6.45, 7) is -1.30. The average Bonchev–Trinajstić information content (AvgIpc) is 2.69. The van der Waals surface area contributed by atoms with Crippen LogP contribution in [0.15, 0.2) is 36.4 Å². The predicted octanol–water partition coefficient (Wildman–Crippen LogP) is 7.58. The van der Waals surface area contributed by atoms with Crippen molar-refractivity contribution in [2.45, 2.75) is 32.1 Å². The smallest absolute Gasteiger partial charge is 0.335 e. The number of unbranched alkanes of at least 4 members (excludes halogenated alkanes) is 1. The van der Waals surface area contributed by atoms with Crippen molar-refractivity contribution >= 4 is 48.8 Å². The molecule has 2 aromatic rings. The predicted molar refractivity (Wildman–Crippen MR) is 127 cm³/mol. The van der Waals surface area contributed by atoms with Crippen LogP contribution in [0.5, 0.6) is 11.5 Å². The topological polar surface area (TPSA) is 102 Å². The minimum atomic E-state index is -3.45. The van der Waals surface area contributed by atoms with Crippen molar-refractivity contribution < 1.29 is 32.9 Å². The quantitative estimate of drug-likeness (QED) is 0.198. The molecule has 0 heterocycles. The Morgan fingerprint density at radius 1 is 0.812 bits per heavy atom. The van der Waals surface area contributed by atoms with Crippen molar-refractivity contribution in [3.63, 3.8) is 0 Å². The number of benzene rings is 2. The number of phenolic OH excluding ortho intramolecular Hbond substituents is 2. The van der Waals surface area contributed by atoms with Gasteiger partial charge in [0.05, 0.1) is 32.1 Å². The lowest BCUT2D eigenvalue weighted by molar-refractivity contribution is 0.202. The Bertz CT molecular complexity index is 1000. The molecule has 0 bridgehead atoms. The fourth-order valence-corrected chi connectivity index (χ4v) is 6.91. The van der Waals surface area contributed by atoms with Crippen molar-refractivity contribution in [3.8, 4) is 11.5 Å². The van der Waals surface area contributed by atoms with Crippen molar-refractivity contribution in [2.24, 2.45) is 0 Å². The summed E-state index contributed by atoms with van der Waals surface area (Å²) in [7, 11) is -3.44. The van der Waals surface area contributed by atoms with E-state index in [0.29, 0.717) is 24.0 Å². The van der Waals surface area contributed by atoms with Crippen LogP contribution in [0.2, 0.25) is 10.0 Å². The fraction of sp³-hybridized carbons (Fsp3) is 0.400. The summed E-state index contributed by atoms with van der Waals surface area (Å²) in [6, 6.07) is 8.68. The Morgan fingerprint density at radius 2 is 1.31 bits per heavy atom. The molecule has 0 fully saturated rings. The monoisotopic (exact) mass is 544 g/mol. The molecule has 0 saturated heterocycles. The standard InChI is InChI=1S/C20H25Cl3O7P2/c1-2-28-32(27,14-16-6-8-18(25)12-20(16)22)30-10-4-3-9-29-31(23,26)13-15-5-7-17(24)11-19(15)21/h5-8,11-12,24-25H,2-4,9-10,13-14H2,1H3. The van der Waals surface area contributed by atoms with Crippen LogP contribution in [0, 0.1) is 0 Å². The van der Waals surface area contributed by atoms with E-state index in [2.05, 4.69) is 0 Å². The van der Waals surface area contributed by atoms with E-state index in [1.807, 2.05) is 0 Å². The fourth-order valence-electron chi connectivity index (χ4n) is 2.72. The van der Waals surface area contributed by atoms with Crippen molar-refractivity contribution in [1.29, 1.82) is 0 Å². The second-order valence-corrected chi connectivity index (χ2v) is 13.0. The molecule has 0 aliphatic rings. The number of rotatable bonds is 13. The maximum absolute atomic E-state index is 13.0. The minimum absolute atomic E-state index is 0.00102. The normalized spacial score (nSPS) is 15.2. The van der Waals surface area contributed by atoms with Crippen LogP contribution in [-0.2, 0) is 35.0 Å². The highest BCUT2D eigenvalue weighted by molar-refractivity contribution is 7.84. The second kappa shape index (κ2) is 12.6. The largest absolute Gasteiger partial charge is 0.508 e. The molecule has 0 saturated carbocycles. The maximum Gasteiger partial charge on any atom is 0.335 e. The lowest BCUT2D eigenvalue weighted by Crippen LogP contribution is -2.02. The summed E-state index contributed by atoms with van der Waals surface area (Å²) >= 11 is 18.1. The van der Waals surface area contributed by atoms with Gasteiger partial charge in [0.1, 0.15) is 11.5 Å². The molecule has 2 N–H and O–H groups in total. The van der Waals surface area contributed by atoms with Gasteiger partial charge in [0.2, 0.25) is 0 Å².